The first-order chi connectivity index (χ1) is 42.3. The van der Waals surface area contributed by atoms with Crippen LogP contribution in [-0.4, -0.2) is 161 Å². The minimum atomic E-state index is -6.25. The molecule has 1 aromatic heterocycles. The number of rotatable bonds is 11. The molecule has 1 aliphatic heterocycles. The molecule has 4 rings (SSSR count). The fraction of sp³-hybridized carbons (Fsp3) is 0.754. The van der Waals surface area contributed by atoms with E-state index in [0.717, 1.165) is 27.1 Å². The monoisotopic (exact) mass is 1400 g/mol. The molecule has 0 aromatic carbocycles. The second-order valence-electron chi connectivity index (χ2n) is 27.4. The Hall–Kier alpha value is -6.45. The Bertz CT molecular complexity index is 2600. The molecule has 95 heavy (non-hydrogen) atoms. The van der Waals surface area contributed by atoms with Gasteiger partial charge in [-0.1, -0.05) is 13.2 Å². The fourth-order valence-electron chi connectivity index (χ4n) is 9.15. The highest BCUT2D eigenvalue weighted by Gasteiger charge is 2.79. The number of anilines is 1. The maximum Gasteiger partial charge on any atom is 0.519 e. The molecule has 3 aliphatic rings. The molecular weight excluding hydrogens is 1310 g/mol. The number of ether oxygens (including phenoxy) is 10. The number of hydrogen-bond acceptors (Lipinski definition) is 20. The zero-order valence-corrected chi connectivity index (χ0v) is 56.4. The molecule has 0 spiro atoms. The van der Waals surface area contributed by atoms with Crippen LogP contribution in [0.2, 0.25) is 0 Å². The summed E-state index contributed by atoms with van der Waals surface area (Å²) in [5.41, 5.74) is -16.5. The molecule has 1 aromatic rings. The Morgan fingerprint density at radius 2 is 0.800 bits per heavy atom. The SMILES string of the molecule is C1CCOC1.C=C(F)C(=O)OC1CC(C(C)(C)O)CC(C(O)(C(F)(F)F)C(F)(F)F)C1.C=C(F)C(=O)OC1CC(C(C)(C)OC(=O)OC(C)(C)C)CC(C(OC(=O)OC(C)(C)C)(C(F)(F)F)C(F)(F)F)C1.CC(C)(C)OC(=O)OC(=O)OC(C)(C)C.CN(C)c1ccncc1. The molecule has 2 heterocycles. The normalized spacial score (nSPS) is 20.0. The lowest BCUT2D eigenvalue weighted by molar-refractivity contribution is -0.391. The summed E-state index contributed by atoms with van der Waals surface area (Å²) < 4.78 is 239. The molecule has 2 aliphatic carbocycles. The summed E-state index contributed by atoms with van der Waals surface area (Å²) >= 11 is 0. The van der Waals surface area contributed by atoms with E-state index in [1.165, 1.54) is 73.9 Å². The molecule has 20 nitrogen and oxygen atoms in total. The number of carbonyl (C=O) groups is 6. The number of hydrogen-bond donors (Lipinski definition) is 2. The summed E-state index contributed by atoms with van der Waals surface area (Å²) in [5, 5.41) is 19.6. The molecule has 1 saturated heterocycles. The summed E-state index contributed by atoms with van der Waals surface area (Å²) in [6, 6.07) is 3.94. The van der Waals surface area contributed by atoms with E-state index in [-0.39, 0.29) is 6.42 Å². The van der Waals surface area contributed by atoms with Crippen LogP contribution < -0.4 is 4.90 Å². The standard InChI is InChI=1S/C25H35F7O8.C15H19F7O4.C10H18O5.C7H10N2.C4H8O/c1-13(26)17(33)36-16-11-14(22(8,9)39-18(34)37-20(2,3)4)10-15(12-16)23(24(27,28)29,25(30,31)32)40-19(35)38-21(5,6)7;1-7(16)11(23)26-10-5-8(12(2,3)24)4-9(6-10)13(25,14(17,18)19)15(20,21)22;1-9(2,3)14-7(11)13-8(12)15-10(4,5)6;1-9(2)7-3-5-8-6-4-7;1-2-4-5-3-1/h14-16H,1,10-12H2,2-9H3;8-10,24-25H,1,4-6H2,2-3H3;1-6H3;3-6H,1-2H3;1-4H2. The minimum absolute atomic E-state index is 0.301. The van der Waals surface area contributed by atoms with Crippen LogP contribution in [-0.2, 0) is 57.0 Å². The van der Waals surface area contributed by atoms with E-state index in [1.54, 1.807) is 53.9 Å². The number of carbonyl (C=O) groups excluding carboxylic acids is 6. The van der Waals surface area contributed by atoms with E-state index in [2.05, 4.69) is 37.1 Å². The largest absolute Gasteiger partial charge is 0.519 e. The van der Waals surface area contributed by atoms with Gasteiger partial charge in [0.25, 0.3) is 5.60 Å². The predicted molar refractivity (Wildman–Crippen MR) is 311 cm³/mol. The Morgan fingerprint density at radius 1 is 0.474 bits per heavy atom. The molecule has 0 bridgehead atoms. The molecule has 3 fully saturated rings. The van der Waals surface area contributed by atoms with Gasteiger partial charge in [0.1, 0.15) is 40.2 Å². The van der Waals surface area contributed by atoms with Crippen LogP contribution in [0, 0.1) is 23.7 Å². The van der Waals surface area contributed by atoms with Gasteiger partial charge in [0.15, 0.2) is 0 Å². The minimum Gasteiger partial charge on any atom is -0.457 e. The van der Waals surface area contributed by atoms with Crippen molar-refractivity contribution in [2.45, 2.75) is 244 Å². The maximum atomic E-state index is 14.4. The highest BCUT2D eigenvalue weighted by Crippen LogP contribution is 2.57. The molecule has 6 atom stereocenters. The number of esters is 2. The summed E-state index contributed by atoms with van der Waals surface area (Å²) in [7, 11) is 4.02. The first kappa shape index (κ1) is 88.5. The van der Waals surface area contributed by atoms with Crippen LogP contribution in [0.25, 0.3) is 0 Å². The van der Waals surface area contributed by atoms with Gasteiger partial charge in [-0.05, 0) is 180 Å². The smallest absolute Gasteiger partial charge is 0.457 e. The second kappa shape index (κ2) is 34.2. The van der Waals surface area contributed by atoms with E-state index in [0.29, 0.717) is 0 Å². The third-order valence-corrected chi connectivity index (χ3v) is 13.5. The lowest BCUT2D eigenvalue weighted by Gasteiger charge is -2.48. The lowest BCUT2D eigenvalue weighted by Crippen LogP contribution is -2.66. The number of nitrogens with zero attached hydrogens (tertiary/aromatic N) is 2. The molecule has 550 valence electrons. The van der Waals surface area contributed by atoms with Crippen molar-refractivity contribution in [2.75, 3.05) is 32.2 Å². The third kappa shape index (κ3) is 30.7. The summed E-state index contributed by atoms with van der Waals surface area (Å²) in [6.45, 7) is 30.2. The van der Waals surface area contributed by atoms with Gasteiger partial charge >= 0.3 is 66.9 Å². The number of aliphatic hydroxyl groups is 2. The van der Waals surface area contributed by atoms with E-state index in [4.69, 9.17) is 28.4 Å². The van der Waals surface area contributed by atoms with Gasteiger partial charge in [-0.3, -0.25) is 4.98 Å². The number of pyridine rings is 1. The molecule has 6 unspecified atom stereocenters. The van der Waals surface area contributed by atoms with Crippen LogP contribution in [0.4, 0.5) is 86.3 Å². The zero-order chi connectivity index (χ0) is 74.9. The van der Waals surface area contributed by atoms with Crippen molar-refractivity contribution in [3.05, 3.63) is 49.3 Å². The average Bonchev–Trinajstić information content (AvgIpc) is 0.815. The maximum absolute atomic E-state index is 14.4. The molecule has 34 heteroatoms. The molecule has 0 amide bonds. The van der Waals surface area contributed by atoms with E-state index in [9.17, 15) is 100 Å². The van der Waals surface area contributed by atoms with Crippen molar-refractivity contribution >= 4 is 42.2 Å². The molecule has 2 saturated carbocycles. The first-order valence-corrected chi connectivity index (χ1v) is 29.3. The van der Waals surface area contributed by atoms with Crippen molar-refractivity contribution in [1.82, 2.24) is 4.98 Å². The van der Waals surface area contributed by atoms with Crippen LogP contribution in [0.15, 0.2) is 49.3 Å². The fourth-order valence-corrected chi connectivity index (χ4v) is 9.15. The van der Waals surface area contributed by atoms with Crippen molar-refractivity contribution in [1.29, 1.82) is 0 Å². The highest BCUT2D eigenvalue weighted by atomic mass is 19.4. The third-order valence-electron chi connectivity index (χ3n) is 13.5. The van der Waals surface area contributed by atoms with Crippen LogP contribution in [0.3, 0.4) is 0 Å². The summed E-state index contributed by atoms with van der Waals surface area (Å²) in [5.74, 6) is -14.2. The number of halogens is 14. The van der Waals surface area contributed by atoms with E-state index >= 15 is 0 Å². The van der Waals surface area contributed by atoms with Crippen molar-refractivity contribution in [3.63, 3.8) is 0 Å². The number of alkyl halides is 12. The van der Waals surface area contributed by atoms with Gasteiger partial charge in [0.2, 0.25) is 11.7 Å². The Morgan fingerprint density at radius 3 is 1.09 bits per heavy atom. The van der Waals surface area contributed by atoms with Crippen LogP contribution in [0.5, 0.6) is 0 Å². The summed E-state index contributed by atoms with van der Waals surface area (Å²) in [6.07, 6.45) is -32.2. The van der Waals surface area contributed by atoms with E-state index < -0.39 is 186 Å². The lowest BCUT2D eigenvalue weighted by atomic mass is 9.66. The van der Waals surface area contributed by atoms with Crippen molar-refractivity contribution in [3.8, 4) is 0 Å². The van der Waals surface area contributed by atoms with Crippen LogP contribution in [0.1, 0.15) is 162 Å². The molecule has 2 N–H and O–H groups in total. The van der Waals surface area contributed by atoms with Gasteiger partial charge in [-0.15, -0.1) is 0 Å². The molecule has 0 radical (unpaired) electrons. The Balaban J connectivity index is 0.00000135. The van der Waals surface area contributed by atoms with Crippen molar-refractivity contribution < 1.29 is 148 Å². The van der Waals surface area contributed by atoms with Gasteiger partial charge in [0, 0.05) is 63.1 Å². The Kier molecular flexibility index (Phi) is 31.8. The van der Waals surface area contributed by atoms with Crippen molar-refractivity contribution in [2.24, 2.45) is 23.7 Å². The highest BCUT2D eigenvalue weighted by molar-refractivity contribution is 5.85. The quantitative estimate of drug-likeness (QED) is 0.0686. The molecular formula is C61H90F14N2O18. The average molecular weight is 1410 g/mol. The topological polar surface area (TPSA) is 251 Å². The Labute approximate surface area is 542 Å². The first-order valence-electron chi connectivity index (χ1n) is 29.3. The summed E-state index contributed by atoms with van der Waals surface area (Å²) in [4.78, 5) is 75.6. The zero-order valence-electron chi connectivity index (χ0n) is 56.4. The second-order valence-corrected chi connectivity index (χ2v) is 27.4. The number of aromatic nitrogens is 1. The van der Waals surface area contributed by atoms with Gasteiger partial charge in [-0.25, -0.2) is 28.8 Å². The van der Waals surface area contributed by atoms with Gasteiger partial charge in [0.05, 0.1) is 5.60 Å². The van der Waals surface area contributed by atoms with Gasteiger partial charge in [-0.2, -0.15) is 61.5 Å². The van der Waals surface area contributed by atoms with Crippen LogP contribution >= 0.6 is 0 Å². The van der Waals surface area contributed by atoms with E-state index in [1.807, 2.05) is 31.1 Å². The van der Waals surface area contributed by atoms with Gasteiger partial charge < -0.3 is 62.5 Å². The predicted octanol–water partition coefficient (Wildman–Crippen LogP) is 15.6.